The quantitative estimate of drug-likeness (QED) is 0.331. The number of hydrogen-bond acceptors (Lipinski definition) is 6. The molecule has 1 unspecified atom stereocenters. The van der Waals surface area contributed by atoms with Gasteiger partial charge in [-0.2, -0.15) is 9.30 Å². The van der Waals surface area contributed by atoms with Gasteiger partial charge < -0.3 is 9.30 Å². The molecule has 1 saturated heterocycles. The highest BCUT2D eigenvalue weighted by Gasteiger charge is 2.32. The Morgan fingerprint density at radius 2 is 1.86 bits per heavy atom. The van der Waals surface area contributed by atoms with Crippen LogP contribution in [0.2, 0.25) is 0 Å². The highest BCUT2D eigenvalue weighted by Crippen LogP contribution is 2.27. The number of rotatable bonds is 7. The molecule has 1 fully saturated rings. The largest absolute Gasteiger partial charge is 0.462 e. The Hall–Kier alpha value is -3.26. The van der Waals surface area contributed by atoms with Crippen molar-refractivity contribution in [2.45, 2.75) is 57.0 Å². The fourth-order valence-corrected chi connectivity index (χ4v) is 7.33. The zero-order valence-corrected chi connectivity index (χ0v) is 22.5. The molecule has 8 nitrogen and oxygen atoms in total. The van der Waals surface area contributed by atoms with Gasteiger partial charge >= 0.3 is 5.97 Å². The first-order valence-electron chi connectivity index (χ1n) is 12.2. The number of piperidine rings is 1. The summed E-state index contributed by atoms with van der Waals surface area (Å²) >= 11 is 1.23. The minimum absolute atomic E-state index is 0.000959. The number of fused-ring (bicyclic) bond motifs is 1. The molecular weight excluding hydrogens is 510 g/mol. The Bertz CT molecular complexity index is 1530. The van der Waals surface area contributed by atoms with E-state index in [2.05, 4.69) is 10.9 Å². The van der Waals surface area contributed by atoms with Crippen LogP contribution >= 0.6 is 11.3 Å². The van der Waals surface area contributed by atoms with E-state index in [1.165, 1.54) is 35.6 Å². The number of terminal acetylenes is 1. The Morgan fingerprint density at radius 3 is 2.54 bits per heavy atom. The smallest absolute Gasteiger partial charge is 0.338 e. The van der Waals surface area contributed by atoms with Gasteiger partial charge in [-0.3, -0.25) is 4.79 Å². The SMILES string of the molecule is C#CCn1c(=NC(=O)c2ccc(S(=O)(=O)N3CCCCC3CC)cc2)sc2cc(C(=O)OCC)ccc21. The summed E-state index contributed by atoms with van der Waals surface area (Å²) in [6.07, 6.45) is 9.05. The van der Waals surface area contributed by atoms with Crippen molar-refractivity contribution < 1.29 is 22.7 Å². The fraction of sp³-hybridized carbons (Fsp3) is 0.370. The number of nitrogens with zero attached hydrogens (tertiary/aromatic N) is 3. The first-order chi connectivity index (χ1) is 17.8. The molecule has 1 aromatic heterocycles. The Labute approximate surface area is 220 Å². The molecule has 1 amide bonds. The molecule has 0 saturated carbocycles. The molecule has 2 aromatic carbocycles. The van der Waals surface area contributed by atoms with E-state index in [1.54, 1.807) is 34.0 Å². The van der Waals surface area contributed by atoms with Crippen molar-refractivity contribution >= 4 is 43.5 Å². The summed E-state index contributed by atoms with van der Waals surface area (Å²) in [7, 11) is -3.64. The average molecular weight is 540 g/mol. The molecule has 1 atom stereocenters. The molecule has 0 spiro atoms. The van der Waals surface area contributed by atoms with E-state index < -0.39 is 21.9 Å². The van der Waals surface area contributed by atoms with Gasteiger partial charge in [0, 0.05) is 18.2 Å². The predicted molar refractivity (Wildman–Crippen MR) is 143 cm³/mol. The van der Waals surface area contributed by atoms with E-state index >= 15 is 0 Å². The second-order valence-electron chi connectivity index (χ2n) is 8.69. The molecule has 0 bridgehead atoms. The molecule has 10 heteroatoms. The van der Waals surface area contributed by atoms with Gasteiger partial charge in [0.15, 0.2) is 4.80 Å². The molecule has 194 valence electrons. The highest BCUT2D eigenvalue weighted by atomic mass is 32.2. The molecule has 4 rings (SSSR count). The van der Waals surface area contributed by atoms with E-state index in [0.29, 0.717) is 16.9 Å². The second-order valence-corrected chi connectivity index (χ2v) is 11.6. The van der Waals surface area contributed by atoms with Gasteiger partial charge in [0.25, 0.3) is 5.91 Å². The van der Waals surface area contributed by atoms with E-state index in [4.69, 9.17) is 11.2 Å². The van der Waals surface area contributed by atoms with Crippen LogP contribution in [0.3, 0.4) is 0 Å². The topological polar surface area (TPSA) is 98.0 Å². The molecule has 37 heavy (non-hydrogen) atoms. The molecule has 1 aliphatic rings. The van der Waals surface area contributed by atoms with Gasteiger partial charge in [-0.1, -0.05) is 30.6 Å². The maximum absolute atomic E-state index is 13.2. The number of ether oxygens (including phenoxy) is 1. The molecule has 0 N–H and O–H groups in total. The van der Waals surface area contributed by atoms with Crippen LogP contribution in [0.5, 0.6) is 0 Å². The molecular formula is C27H29N3O5S2. The molecule has 1 aliphatic heterocycles. The van der Waals surface area contributed by atoms with Gasteiger partial charge in [-0.25, -0.2) is 13.2 Å². The van der Waals surface area contributed by atoms with Crippen molar-refractivity contribution in [3.8, 4) is 12.3 Å². The number of amides is 1. The maximum atomic E-state index is 13.2. The van der Waals surface area contributed by atoms with Gasteiger partial charge in [0.2, 0.25) is 10.0 Å². The van der Waals surface area contributed by atoms with Crippen molar-refractivity contribution in [2.24, 2.45) is 4.99 Å². The van der Waals surface area contributed by atoms with E-state index in [-0.39, 0.29) is 29.7 Å². The van der Waals surface area contributed by atoms with Crippen LogP contribution in [0, 0.1) is 12.3 Å². The number of aromatic nitrogens is 1. The van der Waals surface area contributed by atoms with Crippen molar-refractivity contribution in [3.05, 3.63) is 58.4 Å². The normalized spacial score (nSPS) is 17.0. The number of esters is 1. The summed E-state index contributed by atoms with van der Waals surface area (Å²) in [4.78, 5) is 30.0. The summed E-state index contributed by atoms with van der Waals surface area (Å²) in [5, 5.41) is 0. The number of carbonyl (C=O) groups excluding carboxylic acids is 2. The second kappa shape index (κ2) is 11.4. The van der Waals surface area contributed by atoms with Crippen LogP contribution in [-0.4, -0.2) is 48.4 Å². The highest BCUT2D eigenvalue weighted by molar-refractivity contribution is 7.89. The molecule has 0 radical (unpaired) electrons. The Kier molecular flexibility index (Phi) is 8.27. The van der Waals surface area contributed by atoms with Crippen LogP contribution in [0.15, 0.2) is 52.4 Å². The van der Waals surface area contributed by atoms with Crippen LogP contribution in [0.25, 0.3) is 10.2 Å². The zero-order valence-electron chi connectivity index (χ0n) is 20.8. The fourth-order valence-electron chi connectivity index (χ4n) is 4.50. The van der Waals surface area contributed by atoms with Crippen LogP contribution in [-0.2, 0) is 21.3 Å². The number of sulfonamides is 1. The lowest BCUT2D eigenvalue weighted by molar-refractivity contribution is 0.0526. The number of hydrogen-bond donors (Lipinski definition) is 0. The zero-order chi connectivity index (χ0) is 26.6. The van der Waals surface area contributed by atoms with Gasteiger partial charge in [0.1, 0.15) is 0 Å². The van der Waals surface area contributed by atoms with Crippen molar-refractivity contribution in [3.63, 3.8) is 0 Å². The number of thiazole rings is 1. The molecule has 3 aromatic rings. The standard InChI is InChI=1S/C27H29N3O5S2/c1-4-16-29-23-15-12-20(26(32)35-6-3)18-24(23)36-27(29)28-25(31)19-10-13-22(14-11-19)37(33,34)30-17-8-7-9-21(30)5-2/h1,10-15,18,21H,5-9,16-17H2,2-3H3. The Morgan fingerprint density at radius 1 is 1.14 bits per heavy atom. The predicted octanol–water partition coefficient (Wildman–Crippen LogP) is 4.21. The lowest BCUT2D eigenvalue weighted by Gasteiger charge is -2.34. The first-order valence-corrected chi connectivity index (χ1v) is 14.5. The van der Waals surface area contributed by atoms with E-state index in [0.717, 1.165) is 35.9 Å². The third-order valence-corrected chi connectivity index (χ3v) is 9.40. The average Bonchev–Trinajstić information content (AvgIpc) is 3.25. The first kappa shape index (κ1) is 26.8. The van der Waals surface area contributed by atoms with Gasteiger partial charge in [-0.05, 0) is 68.7 Å². The van der Waals surface area contributed by atoms with E-state index in [1.807, 2.05) is 6.92 Å². The Balaban J connectivity index is 1.65. The summed E-state index contributed by atoms with van der Waals surface area (Å²) in [6.45, 7) is 4.71. The monoisotopic (exact) mass is 539 g/mol. The number of carbonyl (C=O) groups is 2. The van der Waals surface area contributed by atoms with Crippen LogP contribution in [0.4, 0.5) is 0 Å². The third kappa shape index (κ3) is 5.54. The van der Waals surface area contributed by atoms with E-state index in [9.17, 15) is 18.0 Å². The molecule has 0 aliphatic carbocycles. The lowest BCUT2D eigenvalue weighted by Crippen LogP contribution is -2.43. The number of benzene rings is 2. The summed E-state index contributed by atoms with van der Waals surface area (Å²) in [5.74, 6) is 1.63. The van der Waals surface area contributed by atoms with Crippen LogP contribution in [0.1, 0.15) is 60.2 Å². The lowest BCUT2D eigenvalue weighted by atomic mass is 10.0. The van der Waals surface area contributed by atoms with Crippen molar-refractivity contribution in [1.29, 1.82) is 0 Å². The summed E-state index contributed by atoms with van der Waals surface area (Å²) in [6, 6.07) is 11.0. The summed E-state index contributed by atoms with van der Waals surface area (Å²) in [5.41, 5.74) is 1.41. The molecule has 2 heterocycles. The summed E-state index contributed by atoms with van der Waals surface area (Å²) < 4.78 is 35.6. The van der Waals surface area contributed by atoms with Crippen LogP contribution < -0.4 is 4.80 Å². The third-order valence-electron chi connectivity index (χ3n) is 6.39. The maximum Gasteiger partial charge on any atom is 0.338 e. The van der Waals surface area contributed by atoms with Gasteiger partial charge in [0.05, 0.1) is 33.8 Å². The van der Waals surface area contributed by atoms with Gasteiger partial charge in [-0.15, -0.1) is 6.42 Å². The van der Waals surface area contributed by atoms with Crippen molar-refractivity contribution in [2.75, 3.05) is 13.2 Å². The van der Waals surface area contributed by atoms with Crippen molar-refractivity contribution in [1.82, 2.24) is 8.87 Å². The minimum atomic E-state index is -3.64. The minimum Gasteiger partial charge on any atom is -0.462 e.